The van der Waals surface area contributed by atoms with Gasteiger partial charge in [0.1, 0.15) is 17.0 Å². The highest BCUT2D eigenvalue weighted by Crippen LogP contribution is 2.39. The summed E-state index contributed by atoms with van der Waals surface area (Å²) in [6.07, 6.45) is 2.26. The third-order valence-electron chi connectivity index (χ3n) is 4.49. The van der Waals surface area contributed by atoms with Crippen molar-refractivity contribution in [3.8, 4) is 11.6 Å². The largest absolute Gasteiger partial charge is 0.446 e. The van der Waals surface area contributed by atoms with Crippen molar-refractivity contribution in [2.45, 2.75) is 41.2 Å². The molecule has 1 atom stereocenters. The summed E-state index contributed by atoms with van der Waals surface area (Å²) in [6, 6.07) is 8.12. The van der Waals surface area contributed by atoms with Gasteiger partial charge in [-0.25, -0.2) is 9.97 Å². The van der Waals surface area contributed by atoms with E-state index in [-0.39, 0.29) is 28.7 Å². The lowest BCUT2D eigenvalue weighted by atomic mass is 10.2. The zero-order valence-electron chi connectivity index (χ0n) is 16.2. The van der Waals surface area contributed by atoms with E-state index >= 15 is 0 Å². The van der Waals surface area contributed by atoms with Crippen LogP contribution in [0.5, 0.6) is 0 Å². The van der Waals surface area contributed by atoms with Crippen LogP contribution < -0.4 is 5.32 Å². The molecule has 3 heterocycles. The van der Waals surface area contributed by atoms with E-state index in [2.05, 4.69) is 15.3 Å². The second-order valence-corrected chi connectivity index (χ2v) is 9.13. The van der Waals surface area contributed by atoms with E-state index in [1.54, 1.807) is 11.8 Å². The lowest BCUT2D eigenvalue weighted by molar-refractivity contribution is -0.0328. The molecule has 5 nitrogen and oxygen atoms in total. The normalized spacial score (nSPS) is 17.0. The number of alkyl halides is 3. The summed E-state index contributed by atoms with van der Waals surface area (Å²) < 4.78 is 49.5. The van der Waals surface area contributed by atoms with Gasteiger partial charge in [0.25, 0.3) is 0 Å². The maximum atomic E-state index is 12.7. The van der Waals surface area contributed by atoms with Crippen LogP contribution in [0.1, 0.15) is 19.8 Å². The zero-order chi connectivity index (χ0) is 21.1. The van der Waals surface area contributed by atoms with Crippen molar-refractivity contribution < 1.29 is 22.3 Å². The first kappa shape index (κ1) is 21.3. The Morgan fingerprint density at radius 3 is 2.80 bits per heavy atom. The maximum absolute atomic E-state index is 12.7. The Morgan fingerprint density at radius 2 is 2.07 bits per heavy atom. The molecule has 0 bridgehead atoms. The van der Waals surface area contributed by atoms with Crippen molar-refractivity contribution in [2.75, 3.05) is 24.2 Å². The molecule has 1 N–H and O–H groups in total. The Hall–Kier alpha value is -1.91. The number of aromatic nitrogens is 2. The van der Waals surface area contributed by atoms with Gasteiger partial charge in [0.05, 0.1) is 6.10 Å². The van der Waals surface area contributed by atoms with Crippen LogP contribution in [0.2, 0.25) is 0 Å². The van der Waals surface area contributed by atoms with Crippen molar-refractivity contribution in [1.29, 1.82) is 0 Å². The summed E-state index contributed by atoms with van der Waals surface area (Å²) in [7, 11) is 0. The average Bonchev–Trinajstić information content (AvgIpc) is 3.35. The summed E-state index contributed by atoms with van der Waals surface area (Å²) in [6.45, 7) is 3.48. The van der Waals surface area contributed by atoms with Crippen LogP contribution in [0.3, 0.4) is 0 Å². The minimum atomic E-state index is -4.35. The van der Waals surface area contributed by atoms with Crippen molar-refractivity contribution in [1.82, 2.24) is 9.97 Å². The minimum absolute atomic E-state index is 0.0675. The molecule has 1 saturated heterocycles. The van der Waals surface area contributed by atoms with Gasteiger partial charge in [-0.1, -0.05) is 6.92 Å². The smallest absolute Gasteiger partial charge is 0.435 e. The molecular formula is C20H20F3N3O2S2. The van der Waals surface area contributed by atoms with E-state index in [1.807, 2.05) is 19.1 Å². The van der Waals surface area contributed by atoms with E-state index in [0.717, 1.165) is 30.1 Å². The van der Waals surface area contributed by atoms with Crippen LogP contribution >= 0.6 is 23.5 Å². The Kier molecular flexibility index (Phi) is 6.45. The molecule has 0 saturated carbocycles. The van der Waals surface area contributed by atoms with E-state index < -0.39 is 5.51 Å². The number of rotatable bonds is 7. The number of fused-ring (bicyclic) bond motifs is 1. The van der Waals surface area contributed by atoms with Gasteiger partial charge in [-0.05, 0) is 60.7 Å². The number of nitrogens with one attached hydrogen (secondary N) is 1. The van der Waals surface area contributed by atoms with Gasteiger partial charge in [-0.15, -0.1) is 11.8 Å². The summed E-state index contributed by atoms with van der Waals surface area (Å²) in [5.74, 6) is 1.80. The maximum Gasteiger partial charge on any atom is 0.446 e. The fourth-order valence-corrected chi connectivity index (χ4v) is 4.52. The molecule has 1 unspecified atom stereocenters. The van der Waals surface area contributed by atoms with Gasteiger partial charge in [-0.3, -0.25) is 0 Å². The van der Waals surface area contributed by atoms with Crippen LogP contribution in [0, 0.1) is 0 Å². The topological polar surface area (TPSA) is 60.2 Å². The monoisotopic (exact) mass is 455 g/mol. The molecule has 160 valence electrons. The highest BCUT2D eigenvalue weighted by molar-refractivity contribution is 8.00. The highest BCUT2D eigenvalue weighted by Gasteiger charge is 2.29. The average molecular weight is 456 g/mol. The first-order chi connectivity index (χ1) is 14.4. The molecule has 10 heteroatoms. The fourth-order valence-electron chi connectivity index (χ4n) is 3.20. The molecule has 4 rings (SSSR count). The van der Waals surface area contributed by atoms with Crippen molar-refractivity contribution in [2.24, 2.45) is 0 Å². The van der Waals surface area contributed by atoms with E-state index in [9.17, 15) is 13.2 Å². The second kappa shape index (κ2) is 9.07. The van der Waals surface area contributed by atoms with Gasteiger partial charge in [0.2, 0.25) is 5.89 Å². The summed E-state index contributed by atoms with van der Waals surface area (Å²) in [5, 5.41) is 3.29. The lowest BCUT2D eigenvalue weighted by Crippen LogP contribution is -2.19. The highest BCUT2D eigenvalue weighted by atomic mass is 32.2. The Bertz CT molecular complexity index is 1020. The number of ether oxygens (including phenoxy) is 1. The van der Waals surface area contributed by atoms with Crippen LogP contribution in [0.15, 0.2) is 44.5 Å². The molecule has 1 fully saturated rings. The molecule has 2 aromatic heterocycles. The summed E-state index contributed by atoms with van der Waals surface area (Å²) in [4.78, 5) is 10.1. The van der Waals surface area contributed by atoms with Crippen molar-refractivity contribution in [3.05, 3.63) is 30.3 Å². The van der Waals surface area contributed by atoms with Gasteiger partial charge < -0.3 is 14.5 Å². The Labute approximate surface area is 180 Å². The number of benzene rings is 1. The quantitative estimate of drug-likeness (QED) is 0.425. The molecule has 1 aromatic carbocycles. The SMILES string of the molecule is CCSc1ccc(NCC2CCCO2)nc1-c1nc2cc(SC(F)(F)F)ccc2o1. The minimum Gasteiger partial charge on any atom is -0.435 e. The third-order valence-corrected chi connectivity index (χ3v) is 6.14. The van der Waals surface area contributed by atoms with E-state index in [1.165, 1.54) is 18.2 Å². The first-order valence-electron chi connectivity index (χ1n) is 9.57. The predicted octanol–water partition coefficient (Wildman–Crippen LogP) is 6.20. The Morgan fingerprint density at radius 1 is 1.20 bits per heavy atom. The molecule has 0 spiro atoms. The number of oxazole rings is 1. The molecule has 0 aliphatic carbocycles. The Balaban J connectivity index is 1.62. The number of thioether (sulfide) groups is 2. The molecule has 30 heavy (non-hydrogen) atoms. The van der Waals surface area contributed by atoms with Gasteiger partial charge in [0.15, 0.2) is 5.58 Å². The van der Waals surface area contributed by atoms with E-state index in [4.69, 9.17) is 9.15 Å². The molecule has 0 radical (unpaired) electrons. The summed E-state index contributed by atoms with van der Waals surface area (Å²) >= 11 is 1.43. The number of pyridine rings is 1. The number of halogens is 3. The standard InChI is InChI=1S/C20H20F3N3O2S2/c1-2-29-16-7-8-17(24-11-12-4-3-9-27-12)26-18(16)19-25-14-10-13(30-20(21,22)23)5-6-15(14)28-19/h5-8,10,12H,2-4,9,11H2,1H3,(H,24,26). The van der Waals surface area contributed by atoms with Crippen molar-refractivity contribution >= 4 is 40.4 Å². The summed E-state index contributed by atoms with van der Waals surface area (Å²) in [5.41, 5.74) is -2.99. The van der Waals surface area contributed by atoms with Crippen LogP contribution in [-0.4, -0.2) is 40.5 Å². The first-order valence-corrected chi connectivity index (χ1v) is 11.4. The molecule has 3 aromatic rings. The fraction of sp³-hybridized carbons (Fsp3) is 0.400. The molecule has 1 aliphatic heterocycles. The van der Waals surface area contributed by atoms with Gasteiger partial charge in [0, 0.05) is 22.9 Å². The lowest BCUT2D eigenvalue weighted by Gasteiger charge is -2.13. The van der Waals surface area contributed by atoms with E-state index in [0.29, 0.717) is 29.2 Å². The number of anilines is 1. The van der Waals surface area contributed by atoms with Crippen molar-refractivity contribution in [3.63, 3.8) is 0 Å². The van der Waals surface area contributed by atoms with Crippen LogP contribution in [0.25, 0.3) is 22.7 Å². The zero-order valence-corrected chi connectivity index (χ0v) is 17.8. The number of hydrogen-bond acceptors (Lipinski definition) is 7. The molecule has 0 amide bonds. The van der Waals surface area contributed by atoms with Crippen LogP contribution in [0.4, 0.5) is 19.0 Å². The number of hydrogen-bond donors (Lipinski definition) is 1. The molecular weight excluding hydrogens is 435 g/mol. The van der Waals surface area contributed by atoms with Gasteiger partial charge in [-0.2, -0.15) is 13.2 Å². The van der Waals surface area contributed by atoms with Crippen LogP contribution in [-0.2, 0) is 4.74 Å². The second-order valence-electron chi connectivity index (χ2n) is 6.69. The third kappa shape index (κ3) is 5.22. The molecule has 1 aliphatic rings. The predicted molar refractivity (Wildman–Crippen MR) is 113 cm³/mol. The number of nitrogens with zero attached hydrogens (tertiary/aromatic N) is 2. The van der Waals surface area contributed by atoms with Gasteiger partial charge >= 0.3 is 5.51 Å².